The maximum atomic E-state index is 11.2. The molecule has 19 heavy (non-hydrogen) atoms. The Morgan fingerprint density at radius 3 is 2.26 bits per heavy atom. The summed E-state index contributed by atoms with van der Waals surface area (Å²) in [7, 11) is 0. The van der Waals surface area contributed by atoms with Crippen molar-refractivity contribution < 1.29 is 31.1 Å². The van der Waals surface area contributed by atoms with Gasteiger partial charge in [0.25, 0.3) is 0 Å². The first-order valence-electron chi connectivity index (χ1n) is 6.04. The molecule has 3 heteroatoms. The predicted molar refractivity (Wildman–Crippen MR) is 71.4 cm³/mol. The van der Waals surface area contributed by atoms with Gasteiger partial charge in [0.05, 0.1) is 0 Å². The predicted octanol–water partition coefficient (Wildman–Crippen LogP) is 0.438. The van der Waals surface area contributed by atoms with Crippen molar-refractivity contribution >= 4 is 5.97 Å². The van der Waals surface area contributed by atoms with Crippen molar-refractivity contribution in [3.05, 3.63) is 65.8 Å². The van der Waals surface area contributed by atoms with Gasteiger partial charge >= 0.3 is 124 Å². The molecule has 0 aliphatic rings. The normalized spacial score (nSPS) is 10.7. The van der Waals surface area contributed by atoms with Crippen LogP contribution in [0.15, 0.2) is 36.4 Å². The van der Waals surface area contributed by atoms with E-state index in [1.54, 1.807) is 12.1 Å². The summed E-state index contributed by atoms with van der Waals surface area (Å²) in [4.78, 5) is 11.2. The number of hydrogen-bond donors (Lipinski definition) is 1. The van der Waals surface area contributed by atoms with Crippen molar-refractivity contribution in [1.82, 2.24) is 0 Å². The Labute approximate surface area is 123 Å². The molecule has 2 aromatic rings. The van der Waals surface area contributed by atoms with Crippen LogP contribution < -0.4 is 21.2 Å². The van der Waals surface area contributed by atoms with E-state index in [1.807, 2.05) is 12.1 Å². The van der Waals surface area contributed by atoms with Crippen LogP contribution in [-0.4, -0.2) is 11.1 Å². The van der Waals surface area contributed by atoms with E-state index in [9.17, 15) is 9.90 Å². The van der Waals surface area contributed by atoms with Crippen LogP contribution in [0.25, 0.3) is 0 Å². The first-order valence-corrected chi connectivity index (χ1v) is 8.20. The number of hydrogen-bond acceptors (Lipinski definition) is 1. The fourth-order valence-corrected chi connectivity index (χ4v) is 4.77. The molecule has 0 fully saturated rings. The Kier molecular flexibility index (Phi) is 4.24. The van der Waals surface area contributed by atoms with Crippen LogP contribution in [-0.2, 0) is 0 Å². The molecule has 0 spiro atoms. The minimum absolute atomic E-state index is 0.438. The van der Waals surface area contributed by atoms with Crippen molar-refractivity contribution in [1.29, 1.82) is 0 Å². The number of carboxylic acids is 1. The third kappa shape index (κ3) is 3.15. The molecule has 2 nitrogen and oxygen atoms in total. The summed E-state index contributed by atoms with van der Waals surface area (Å²) in [5, 5.41) is 9.23. The Bertz CT molecular complexity index is 633. The zero-order valence-corrected chi connectivity index (χ0v) is 13.4. The molecular formula is C16H16IO2-. The van der Waals surface area contributed by atoms with Crippen molar-refractivity contribution in [3.8, 4) is 0 Å². The molecule has 0 heterocycles. The molecule has 2 aromatic carbocycles. The van der Waals surface area contributed by atoms with Gasteiger partial charge in [0.2, 0.25) is 0 Å². The Hall–Kier alpha value is -1.36. The standard InChI is InChI=1S/C16H16IO2/c1-10-8-12(3)15(9-11(10)2)17-14-7-5-4-6-13(14)16(18)19/h4-9H,1-3H3,(H,18,19)/q-1. The van der Waals surface area contributed by atoms with Gasteiger partial charge in [-0.3, -0.25) is 0 Å². The zero-order chi connectivity index (χ0) is 14.0. The van der Waals surface area contributed by atoms with Crippen LogP contribution in [0.4, 0.5) is 0 Å². The summed E-state index contributed by atoms with van der Waals surface area (Å²) >= 11 is -0.459. The SMILES string of the molecule is Cc1cc(C)c([I-]c2ccccc2C(=O)O)cc1C. The molecule has 0 saturated carbocycles. The van der Waals surface area contributed by atoms with Crippen molar-refractivity contribution in [2.75, 3.05) is 0 Å². The third-order valence-electron chi connectivity index (χ3n) is 3.08. The van der Waals surface area contributed by atoms with Gasteiger partial charge in [-0.15, -0.1) is 0 Å². The van der Waals surface area contributed by atoms with E-state index in [4.69, 9.17) is 0 Å². The van der Waals surface area contributed by atoms with Gasteiger partial charge < -0.3 is 0 Å². The molecule has 2 rings (SSSR count). The second kappa shape index (κ2) is 5.74. The van der Waals surface area contributed by atoms with Crippen LogP contribution in [0.2, 0.25) is 0 Å². The van der Waals surface area contributed by atoms with Gasteiger partial charge in [-0.2, -0.15) is 0 Å². The first-order chi connectivity index (χ1) is 8.99. The summed E-state index contributed by atoms with van der Waals surface area (Å²) in [6.45, 7) is 6.31. The van der Waals surface area contributed by atoms with Crippen LogP contribution in [0, 0.1) is 27.9 Å². The van der Waals surface area contributed by atoms with Crippen molar-refractivity contribution in [3.63, 3.8) is 0 Å². The summed E-state index contributed by atoms with van der Waals surface area (Å²) in [5.41, 5.74) is 4.26. The van der Waals surface area contributed by atoms with Gasteiger partial charge in [0, 0.05) is 0 Å². The molecule has 0 radical (unpaired) electrons. The summed E-state index contributed by atoms with van der Waals surface area (Å²) < 4.78 is 2.27. The number of benzene rings is 2. The molecule has 0 unspecified atom stereocenters. The Morgan fingerprint density at radius 1 is 0.947 bits per heavy atom. The molecule has 0 aromatic heterocycles. The van der Waals surface area contributed by atoms with Gasteiger partial charge in [-0.05, 0) is 0 Å². The second-order valence-electron chi connectivity index (χ2n) is 4.57. The molecule has 100 valence electrons. The van der Waals surface area contributed by atoms with Crippen molar-refractivity contribution in [2.24, 2.45) is 0 Å². The Balaban J connectivity index is 2.42. The molecule has 0 bridgehead atoms. The van der Waals surface area contributed by atoms with Gasteiger partial charge in [-0.25, -0.2) is 0 Å². The molecule has 0 aliphatic heterocycles. The third-order valence-corrected chi connectivity index (χ3v) is 6.35. The van der Waals surface area contributed by atoms with E-state index in [0.29, 0.717) is 5.56 Å². The average Bonchev–Trinajstić information content (AvgIpc) is 2.36. The first kappa shape index (κ1) is 14.1. The van der Waals surface area contributed by atoms with E-state index in [2.05, 4.69) is 32.9 Å². The number of carboxylic acid groups (broad SMARTS) is 1. The summed E-state index contributed by atoms with van der Waals surface area (Å²) in [6, 6.07) is 11.7. The molecule has 0 saturated heterocycles. The average molecular weight is 367 g/mol. The number of carbonyl (C=O) groups is 1. The van der Waals surface area contributed by atoms with E-state index in [1.165, 1.54) is 20.3 Å². The van der Waals surface area contributed by atoms with E-state index >= 15 is 0 Å². The fourth-order valence-electron chi connectivity index (χ4n) is 1.85. The second-order valence-corrected chi connectivity index (χ2v) is 7.43. The van der Waals surface area contributed by atoms with Crippen LogP contribution in [0.1, 0.15) is 27.0 Å². The van der Waals surface area contributed by atoms with Crippen LogP contribution in [0.5, 0.6) is 0 Å². The number of rotatable bonds is 3. The summed E-state index contributed by atoms with van der Waals surface area (Å²) in [6.07, 6.45) is 0. The van der Waals surface area contributed by atoms with E-state index in [0.717, 1.165) is 3.57 Å². The fraction of sp³-hybridized carbons (Fsp3) is 0.188. The molecule has 0 aliphatic carbocycles. The quantitative estimate of drug-likeness (QED) is 0.800. The Morgan fingerprint density at radius 2 is 1.58 bits per heavy atom. The van der Waals surface area contributed by atoms with Gasteiger partial charge in [0.1, 0.15) is 0 Å². The minimum atomic E-state index is -0.836. The van der Waals surface area contributed by atoms with Gasteiger partial charge in [0.15, 0.2) is 0 Å². The molecule has 0 atom stereocenters. The number of aryl methyl sites for hydroxylation is 3. The van der Waals surface area contributed by atoms with Crippen LogP contribution >= 0.6 is 0 Å². The van der Waals surface area contributed by atoms with Crippen LogP contribution in [0.3, 0.4) is 0 Å². The van der Waals surface area contributed by atoms with Crippen molar-refractivity contribution in [2.45, 2.75) is 20.8 Å². The molecule has 1 N–H and O–H groups in total. The van der Waals surface area contributed by atoms with E-state index < -0.39 is 27.2 Å². The number of aromatic carboxylic acids is 1. The van der Waals surface area contributed by atoms with Gasteiger partial charge in [-0.1, -0.05) is 0 Å². The topological polar surface area (TPSA) is 37.3 Å². The molecule has 0 amide bonds. The zero-order valence-electron chi connectivity index (χ0n) is 11.2. The number of halogens is 1. The maximum absolute atomic E-state index is 11.2. The monoisotopic (exact) mass is 367 g/mol. The van der Waals surface area contributed by atoms with E-state index in [-0.39, 0.29) is 0 Å². The summed E-state index contributed by atoms with van der Waals surface area (Å²) in [5.74, 6) is -0.836. The molecular weight excluding hydrogens is 351 g/mol.